The number of benzene rings is 2. The lowest BCUT2D eigenvalue weighted by Gasteiger charge is -2.09. The summed E-state index contributed by atoms with van der Waals surface area (Å²) in [5.41, 5.74) is 1.20. The lowest BCUT2D eigenvalue weighted by Crippen LogP contribution is -1.87. The van der Waals surface area contributed by atoms with E-state index in [0.29, 0.717) is 0 Å². The number of methoxy groups -OCH3 is 2. The van der Waals surface area contributed by atoms with E-state index in [-0.39, 0.29) is 0 Å². The molecule has 0 amide bonds. The van der Waals surface area contributed by atoms with Crippen LogP contribution in [0.5, 0.6) is 11.5 Å². The summed E-state index contributed by atoms with van der Waals surface area (Å²) in [6.07, 6.45) is 0. The summed E-state index contributed by atoms with van der Waals surface area (Å²) in [5.74, 6) is 1.77. The van der Waals surface area contributed by atoms with Gasteiger partial charge in [-0.1, -0.05) is 23.9 Å². The number of aryl methyl sites for hydroxylation is 1. The molecule has 0 radical (unpaired) electrons. The molecular formula is C15H16O2S. The largest absolute Gasteiger partial charge is 0.497 e. The minimum Gasteiger partial charge on any atom is -0.497 e. The molecular weight excluding hydrogens is 244 g/mol. The summed E-state index contributed by atoms with van der Waals surface area (Å²) in [7, 11) is 3.38. The van der Waals surface area contributed by atoms with Gasteiger partial charge in [-0.05, 0) is 42.8 Å². The first-order valence-electron chi connectivity index (χ1n) is 5.69. The smallest absolute Gasteiger partial charge is 0.133 e. The molecule has 94 valence electrons. The molecule has 0 aliphatic heterocycles. The van der Waals surface area contributed by atoms with Gasteiger partial charge >= 0.3 is 0 Å². The Labute approximate surface area is 112 Å². The Morgan fingerprint density at radius 2 is 1.78 bits per heavy atom. The molecule has 2 nitrogen and oxygen atoms in total. The maximum atomic E-state index is 5.40. The molecule has 0 unspecified atom stereocenters. The number of ether oxygens (including phenoxy) is 2. The topological polar surface area (TPSA) is 18.5 Å². The van der Waals surface area contributed by atoms with Crippen LogP contribution in [0.4, 0.5) is 0 Å². The fraction of sp³-hybridized carbons (Fsp3) is 0.200. The summed E-state index contributed by atoms with van der Waals surface area (Å²) in [5, 5.41) is 0. The van der Waals surface area contributed by atoms with Gasteiger partial charge in [-0.3, -0.25) is 0 Å². The zero-order chi connectivity index (χ0) is 13.0. The quantitative estimate of drug-likeness (QED) is 0.822. The molecule has 0 atom stereocenters. The van der Waals surface area contributed by atoms with Crippen LogP contribution in [0.2, 0.25) is 0 Å². The Kier molecular flexibility index (Phi) is 4.15. The highest BCUT2D eigenvalue weighted by Gasteiger charge is 2.05. The Bertz CT molecular complexity index is 538. The van der Waals surface area contributed by atoms with Crippen molar-refractivity contribution in [2.24, 2.45) is 0 Å². The van der Waals surface area contributed by atoms with Gasteiger partial charge in [-0.15, -0.1) is 0 Å². The van der Waals surface area contributed by atoms with Crippen molar-refractivity contribution < 1.29 is 9.47 Å². The third-order valence-electron chi connectivity index (χ3n) is 2.59. The van der Waals surface area contributed by atoms with E-state index < -0.39 is 0 Å². The van der Waals surface area contributed by atoms with Gasteiger partial charge in [0.15, 0.2) is 0 Å². The molecule has 0 aromatic heterocycles. The molecule has 2 aromatic rings. The standard InChI is InChI=1S/C15H16O2S/c1-11-7-8-15(14(9-11)17-3)18-13-6-4-5-12(10-13)16-2/h4-10H,1-3H3. The molecule has 0 heterocycles. The zero-order valence-electron chi connectivity index (χ0n) is 10.8. The average Bonchev–Trinajstić information content (AvgIpc) is 2.41. The summed E-state index contributed by atoms with van der Waals surface area (Å²) in [6.45, 7) is 2.06. The van der Waals surface area contributed by atoms with E-state index in [4.69, 9.17) is 9.47 Å². The predicted molar refractivity (Wildman–Crippen MR) is 74.8 cm³/mol. The van der Waals surface area contributed by atoms with Crippen molar-refractivity contribution in [1.29, 1.82) is 0 Å². The van der Waals surface area contributed by atoms with Crippen LogP contribution >= 0.6 is 11.8 Å². The highest BCUT2D eigenvalue weighted by atomic mass is 32.2. The van der Waals surface area contributed by atoms with Crippen LogP contribution < -0.4 is 9.47 Å². The molecule has 0 bridgehead atoms. The van der Waals surface area contributed by atoms with E-state index in [0.717, 1.165) is 21.3 Å². The van der Waals surface area contributed by atoms with E-state index in [1.807, 2.05) is 24.3 Å². The van der Waals surface area contributed by atoms with Crippen LogP contribution in [0, 0.1) is 6.92 Å². The zero-order valence-corrected chi connectivity index (χ0v) is 11.6. The molecule has 0 aliphatic rings. The summed E-state index contributed by atoms with van der Waals surface area (Å²) in [6, 6.07) is 14.2. The molecule has 0 saturated carbocycles. The number of rotatable bonds is 4. The summed E-state index contributed by atoms with van der Waals surface area (Å²) < 4.78 is 10.6. The number of hydrogen-bond donors (Lipinski definition) is 0. The first-order chi connectivity index (χ1) is 8.72. The number of hydrogen-bond acceptors (Lipinski definition) is 3. The van der Waals surface area contributed by atoms with Gasteiger partial charge in [0.05, 0.1) is 19.1 Å². The lowest BCUT2D eigenvalue weighted by atomic mass is 10.2. The Balaban J connectivity index is 2.27. The first kappa shape index (κ1) is 12.8. The van der Waals surface area contributed by atoms with Crippen LogP contribution in [0.3, 0.4) is 0 Å². The molecule has 0 N–H and O–H groups in total. The van der Waals surface area contributed by atoms with Gasteiger partial charge < -0.3 is 9.47 Å². The van der Waals surface area contributed by atoms with Gasteiger partial charge in [0.25, 0.3) is 0 Å². The van der Waals surface area contributed by atoms with Crippen molar-refractivity contribution >= 4 is 11.8 Å². The maximum absolute atomic E-state index is 5.40. The molecule has 2 rings (SSSR count). The van der Waals surface area contributed by atoms with Gasteiger partial charge in [-0.25, -0.2) is 0 Å². The molecule has 0 saturated heterocycles. The average molecular weight is 260 g/mol. The Morgan fingerprint density at radius 3 is 2.50 bits per heavy atom. The van der Waals surface area contributed by atoms with Crippen molar-refractivity contribution in [2.75, 3.05) is 14.2 Å². The second-order valence-corrected chi connectivity index (χ2v) is 5.05. The van der Waals surface area contributed by atoms with Crippen molar-refractivity contribution in [1.82, 2.24) is 0 Å². The highest BCUT2D eigenvalue weighted by Crippen LogP contribution is 2.36. The van der Waals surface area contributed by atoms with E-state index in [1.165, 1.54) is 5.56 Å². The minimum atomic E-state index is 0.867. The van der Waals surface area contributed by atoms with Crippen LogP contribution in [-0.4, -0.2) is 14.2 Å². The molecule has 2 aromatic carbocycles. The van der Waals surface area contributed by atoms with Crippen LogP contribution in [-0.2, 0) is 0 Å². The van der Waals surface area contributed by atoms with Gasteiger partial charge in [0.2, 0.25) is 0 Å². The molecule has 3 heteroatoms. The van der Waals surface area contributed by atoms with Crippen molar-refractivity contribution in [3.63, 3.8) is 0 Å². The fourth-order valence-electron chi connectivity index (χ4n) is 1.65. The molecule has 0 aliphatic carbocycles. The van der Waals surface area contributed by atoms with Gasteiger partial charge in [0.1, 0.15) is 11.5 Å². The molecule has 0 spiro atoms. The molecule has 18 heavy (non-hydrogen) atoms. The first-order valence-corrected chi connectivity index (χ1v) is 6.51. The van der Waals surface area contributed by atoms with E-state index in [1.54, 1.807) is 26.0 Å². The minimum absolute atomic E-state index is 0.867. The summed E-state index contributed by atoms with van der Waals surface area (Å²) in [4.78, 5) is 2.24. The predicted octanol–water partition coefficient (Wildman–Crippen LogP) is 4.16. The van der Waals surface area contributed by atoms with E-state index in [9.17, 15) is 0 Å². The SMILES string of the molecule is COc1cccc(Sc2ccc(C)cc2OC)c1. The lowest BCUT2D eigenvalue weighted by molar-refractivity contribution is 0.404. The van der Waals surface area contributed by atoms with E-state index in [2.05, 4.69) is 25.1 Å². The highest BCUT2D eigenvalue weighted by molar-refractivity contribution is 7.99. The van der Waals surface area contributed by atoms with Crippen molar-refractivity contribution in [3.05, 3.63) is 48.0 Å². The van der Waals surface area contributed by atoms with Crippen molar-refractivity contribution in [3.8, 4) is 11.5 Å². The van der Waals surface area contributed by atoms with Gasteiger partial charge in [0, 0.05) is 4.90 Å². The summed E-state index contributed by atoms with van der Waals surface area (Å²) >= 11 is 1.67. The fourth-order valence-corrected chi connectivity index (χ4v) is 2.61. The third kappa shape index (κ3) is 2.99. The van der Waals surface area contributed by atoms with E-state index >= 15 is 0 Å². The Hall–Kier alpha value is -1.61. The third-order valence-corrected chi connectivity index (χ3v) is 3.63. The Morgan fingerprint density at radius 1 is 0.944 bits per heavy atom. The van der Waals surface area contributed by atoms with Gasteiger partial charge in [-0.2, -0.15) is 0 Å². The van der Waals surface area contributed by atoms with Crippen LogP contribution in [0.1, 0.15) is 5.56 Å². The van der Waals surface area contributed by atoms with Crippen LogP contribution in [0.15, 0.2) is 52.3 Å². The maximum Gasteiger partial charge on any atom is 0.133 e. The monoisotopic (exact) mass is 260 g/mol. The van der Waals surface area contributed by atoms with Crippen LogP contribution in [0.25, 0.3) is 0 Å². The second kappa shape index (κ2) is 5.83. The second-order valence-electron chi connectivity index (χ2n) is 3.94. The van der Waals surface area contributed by atoms with Crippen molar-refractivity contribution in [2.45, 2.75) is 16.7 Å². The molecule has 0 fully saturated rings. The normalized spacial score (nSPS) is 10.2.